The molecule has 0 bridgehead atoms. The molecule has 1 heterocycles. The summed E-state index contributed by atoms with van der Waals surface area (Å²) in [6, 6.07) is 9.19. The first-order valence-corrected chi connectivity index (χ1v) is 8.33. The first-order valence-electron chi connectivity index (χ1n) is 7.34. The maximum absolute atomic E-state index is 4.96. The molecule has 104 valence electrons. The van der Waals surface area contributed by atoms with E-state index in [-0.39, 0.29) is 0 Å². The fourth-order valence-corrected chi connectivity index (χ4v) is 3.67. The van der Waals surface area contributed by atoms with E-state index in [2.05, 4.69) is 36.2 Å². The van der Waals surface area contributed by atoms with Gasteiger partial charge in [0.2, 0.25) is 0 Å². The maximum Gasteiger partial charge on any atom is 0.159 e. The summed E-state index contributed by atoms with van der Waals surface area (Å²) in [5.41, 5.74) is 2.95. The smallest absolute Gasteiger partial charge is 0.159 e. The first-order chi connectivity index (χ1) is 9.34. The van der Waals surface area contributed by atoms with E-state index in [1.807, 2.05) is 25.6 Å². The van der Waals surface area contributed by atoms with E-state index in [0.29, 0.717) is 6.04 Å². The zero-order valence-electron chi connectivity index (χ0n) is 12.2. The van der Waals surface area contributed by atoms with E-state index in [4.69, 9.17) is 4.99 Å². The number of nitrogens with zero attached hydrogens (tertiary/aromatic N) is 2. The third kappa shape index (κ3) is 3.33. The molecule has 1 aliphatic heterocycles. The quantitative estimate of drug-likeness (QED) is 0.766. The van der Waals surface area contributed by atoms with Crippen molar-refractivity contribution in [1.82, 2.24) is 4.90 Å². The number of amidine groups is 1. The van der Waals surface area contributed by atoms with Gasteiger partial charge in [0, 0.05) is 19.3 Å². The van der Waals surface area contributed by atoms with Crippen molar-refractivity contribution in [3.63, 3.8) is 0 Å². The van der Waals surface area contributed by atoms with Gasteiger partial charge in [-0.3, -0.25) is 4.99 Å². The number of benzene rings is 1. The SMILES string of the molecule is CC.CN1CCSC1=NC1CCCc2ccccc21. The number of fused-ring (bicyclic) bond motifs is 1. The molecule has 2 nitrogen and oxygen atoms in total. The number of aryl methyl sites for hydroxylation is 1. The molecule has 1 fully saturated rings. The summed E-state index contributed by atoms with van der Waals surface area (Å²) in [6.45, 7) is 5.14. The number of thioether (sulfide) groups is 1. The molecule has 0 radical (unpaired) electrons. The van der Waals surface area contributed by atoms with Gasteiger partial charge in [-0.1, -0.05) is 49.9 Å². The van der Waals surface area contributed by atoms with Crippen LogP contribution in [0.5, 0.6) is 0 Å². The minimum Gasteiger partial charge on any atom is -0.354 e. The molecule has 2 aliphatic rings. The predicted octanol–water partition coefficient (Wildman–Crippen LogP) is 4.12. The lowest BCUT2D eigenvalue weighted by Gasteiger charge is -2.23. The van der Waals surface area contributed by atoms with Gasteiger partial charge in [0.1, 0.15) is 0 Å². The van der Waals surface area contributed by atoms with Gasteiger partial charge < -0.3 is 4.90 Å². The van der Waals surface area contributed by atoms with Crippen LogP contribution in [0.4, 0.5) is 0 Å². The predicted molar refractivity (Wildman–Crippen MR) is 86.0 cm³/mol. The van der Waals surface area contributed by atoms with Crippen LogP contribution in [0.15, 0.2) is 29.3 Å². The molecule has 0 spiro atoms. The Balaban J connectivity index is 0.000000637. The highest BCUT2D eigenvalue weighted by molar-refractivity contribution is 8.14. The second-order valence-corrected chi connectivity index (χ2v) is 5.85. The number of hydrogen-bond donors (Lipinski definition) is 0. The van der Waals surface area contributed by atoms with Crippen LogP contribution in [0, 0.1) is 0 Å². The van der Waals surface area contributed by atoms with Gasteiger partial charge in [0.25, 0.3) is 0 Å². The van der Waals surface area contributed by atoms with E-state index >= 15 is 0 Å². The Bertz CT molecular complexity index is 442. The van der Waals surface area contributed by atoms with E-state index in [0.717, 1.165) is 6.54 Å². The van der Waals surface area contributed by atoms with Crippen LogP contribution in [0.2, 0.25) is 0 Å². The van der Waals surface area contributed by atoms with Crippen molar-refractivity contribution in [2.75, 3.05) is 19.3 Å². The molecular formula is C16H24N2S. The zero-order valence-corrected chi connectivity index (χ0v) is 13.0. The molecule has 1 aromatic carbocycles. The Kier molecular flexibility index (Phi) is 5.32. The Hall–Kier alpha value is -0.960. The van der Waals surface area contributed by atoms with Crippen molar-refractivity contribution in [3.8, 4) is 0 Å². The molecule has 3 heteroatoms. The van der Waals surface area contributed by atoms with Crippen molar-refractivity contribution < 1.29 is 0 Å². The minimum absolute atomic E-state index is 0.392. The van der Waals surface area contributed by atoms with E-state index in [1.165, 1.54) is 41.3 Å². The van der Waals surface area contributed by atoms with Crippen molar-refractivity contribution in [2.24, 2.45) is 4.99 Å². The third-order valence-electron chi connectivity index (χ3n) is 3.59. The van der Waals surface area contributed by atoms with Crippen molar-refractivity contribution >= 4 is 16.9 Å². The molecule has 3 rings (SSSR count). The van der Waals surface area contributed by atoms with Crippen LogP contribution in [0.25, 0.3) is 0 Å². The summed E-state index contributed by atoms with van der Waals surface area (Å²) in [5.74, 6) is 1.18. The Morgan fingerprint density at radius 1 is 1.26 bits per heavy atom. The highest BCUT2D eigenvalue weighted by Crippen LogP contribution is 2.34. The van der Waals surface area contributed by atoms with Gasteiger partial charge >= 0.3 is 0 Å². The first kappa shape index (κ1) is 14.4. The summed E-state index contributed by atoms with van der Waals surface area (Å²) in [4.78, 5) is 7.24. The lowest BCUT2D eigenvalue weighted by Crippen LogP contribution is -2.20. The standard InChI is InChI=1S/C14H18N2S.C2H6/c1-16-9-10-17-14(16)15-13-8-4-6-11-5-2-3-7-12(11)13;1-2/h2-3,5,7,13H,4,6,8-10H2,1H3;1-2H3. The lowest BCUT2D eigenvalue weighted by atomic mass is 9.88. The molecular weight excluding hydrogens is 252 g/mol. The highest BCUT2D eigenvalue weighted by Gasteiger charge is 2.22. The average Bonchev–Trinajstić information content (AvgIpc) is 2.87. The third-order valence-corrected chi connectivity index (χ3v) is 4.65. The summed E-state index contributed by atoms with van der Waals surface area (Å²) < 4.78 is 0. The minimum atomic E-state index is 0.392. The Labute approximate surface area is 121 Å². The lowest BCUT2D eigenvalue weighted by molar-refractivity contribution is 0.533. The van der Waals surface area contributed by atoms with Crippen molar-refractivity contribution in [1.29, 1.82) is 0 Å². The van der Waals surface area contributed by atoms with Gasteiger partial charge in [-0.05, 0) is 30.4 Å². The molecule has 1 saturated heterocycles. The van der Waals surface area contributed by atoms with Gasteiger partial charge in [0.05, 0.1) is 6.04 Å². The number of rotatable bonds is 1. The van der Waals surface area contributed by atoms with Gasteiger partial charge in [-0.2, -0.15) is 0 Å². The second kappa shape index (κ2) is 6.99. The fraction of sp³-hybridized carbons (Fsp3) is 0.562. The molecule has 1 unspecified atom stereocenters. The average molecular weight is 276 g/mol. The molecule has 1 atom stereocenters. The second-order valence-electron chi connectivity index (χ2n) is 4.79. The van der Waals surface area contributed by atoms with Gasteiger partial charge in [-0.15, -0.1) is 0 Å². The topological polar surface area (TPSA) is 15.6 Å². The number of hydrogen-bond acceptors (Lipinski definition) is 2. The van der Waals surface area contributed by atoms with E-state index in [9.17, 15) is 0 Å². The molecule has 1 aliphatic carbocycles. The maximum atomic E-state index is 4.96. The van der Waals surface area contributed by atoms with Crippen LogP contribution in [0.3, 0.4) is 0 Å². The normalized spacial score (nSPS) is 23.8. The van der Waals surface area contributed by atoms with Crippen molar-refractivity contribution in [2.45, 2.75) is 39.2 Å². The molecule has 0 saturated carbocycles. The fourth-order valence-electron chi connectivity index (χ4n) is 2.61. The van der Waals surface area contributed by atoms with E-state index in [1.54, 1.807) is 0 Å². The van der Waals surface area contributed by atoms with E-state index < -0.39 is 0 Å². The Morgan fingerprint density at radius 3 is 2.79 bits per heavy atom. The van der Waals surface area contributed by atoms with Gasteiger partial charge in [-0.25, -0.2) is 0 Å². The summed E-state index contributed by atoms with van der Waals surface area (Å²) in [6.07, 6.45) is 3.70. The van der Waals surface area contributed by atoms with Crippen LogP contribution in [-0.4, -0.2) is 29.4 Å². The van der Waals surface area contributed by atoms with Crippen LogP contribution in [-0.2, 0) is 6.42 Å². The highest BCUT2D eigenvalue weighted by atomic mass is 32.2. The molecule has 0 aromatic heterocycles. The molecule has 0 N–H and O–H groups in total. The Morgan fingerprint density at radius 2 is 2.05 bits per heavy atom. The van der Waals surface area contributed by atoms with Gasteiger partial charge in [0.15, 0.2) is 5.17 Å². The summed E-state index contributed by atoms with van der Waals surface area (Å²) >= 11 is 1.89. The largest absolute Gasteiger partial charge is 0.354 e. The molecule has 1 aromatic rings. The monoisotopic (exact) mass is 276 g/mol. The molecule has 0 amide bonds. The van der Waals surface area contributed by atoms with Crippen LogP contribution < -0.4 is 0 Å². The van der Waals surface area contributed by atoms with Crippen molar-refractivity contribution in [3.05, 3.63) is 35.4 Å². The summed E-state index contributed by atoms with van der Waals surface area (Å²) in [5, 5.41) is 1.23. The van der Waals surface area contributed by atoms with Crippen LogP contribution in [0.1, 0.15) is 43.9 Å². The van der Waals surface area contributed by atoms with Crippen LogP contribution >= 0.6 is 11.8 Å². The zero-order chi connectivity index (χ0) is 13.7. The molecule has 19 heavy (non-hydrogen) atoms. The number of aliphatic imine (C=N–C) groups is 1. The summed E-state index contributed by atoms with van der Waals surface area (Å²) in [7, 11) is 2.15.